The van der Waals surface area contributed by atoms with Crippen LogP contribution in [-0.4, -0.2) is 53.9 Å². The topological polar surface area (TPSA) is 148 Å². The zero-order valence-corrected chi connectivity index (χ0v) is 19.1. The number of Topliss-reactive ketones (excluding diaryl/α,β-unsaturated/α-hetero) is 1. The summed E-state index contributed by atoms with van der Waals surface area (Å²) in [5.41, 5.74) is 1.90. The second-order valence-corrected chi connectivity index (χ2v) is 9.93. The number of aromatic nitrogens is 2. The second kappa shape index (κ2) is 9.02. The van der Waals surface area contributed by atoms with Crippen molar-refractivity contribution >= 4 is 44.4 Å². The summed E-state index contributed by atoms with van der Waals surface area (Å²) in [6.07, 6.45) is 5.87. The van der Waals surface area contributed by atoms with Gasteiger partial charge in [-0.3, -0.25) is 4.79 Å². The molecule has 0 fully saturated rings. The van der Waals surface area contributed by atoms with Crippen LogP contribution in [0.25, 0.3) is 17.1 Å². The Morgan fingerprint density at radius 3 is 2.82 bits per heavy atom. The number of anilines is 1. The summed E-state index contributed by atoms with van der Waals surface area (Å²) >= 11 is 0. The molecule has 10 nitrogen and oxygen atoms in total. The van der Waals surface area contributed by atoms with E-state index in [0.717, 1.165) is 11.6 Å². The lowest BCUT2D eigenvalue weighted by atomic mass is 10.1. The van der Waals surface area contributed by atoms with Crippen molar-refractivity contribution in [3.05, 3.63) is 71.1 Å². The number of fused-ring (bicyclic) bond motifs is 1. The maximum absolute atomic E-state index is 12.8. The van der Waals surface area contributed by atoms with Crippen LogP contribution in [0.4, 0.5) is 5.69 Å². The number of allylic oxidation sites excluding steroid dienone is 1. The normalized spacial score (nSPS) is 15.1. The minimum absolute atomic E-state index is 0.00842. The van der Waals surface area contributed by atoms with Gasteiger partial charge < -0.3 is 24.9 Å². The molecule has 0 unspecified atom stereocenters. The van der Waals surface area contributed by atoms with Gasteiger partial charge in [0.15, 0.2) is 21.2 Å². The lowest BCUT2D eigenvalue weighted by Gasteiger charge is -2.13. The van der Waals surface area contributed by atoms with E-state index in [2.05, 4.69) is 15.3 Å². The van der Waals surface area contributed by atoms with Crippen LogP contribution in [-0.2, 0) is 24.2 Å². The van der Waals surface area contributed by atoms with Gasteiger partial charge >= 0.3 is 5.97 Å². The molecule has 0 spiro atoms. The lowest BCUT2D eigenvalue weighted by Crippen LogP contribution is -2.13. The van der Waals surface area contributed by atoms with Crippen LogP contribution in [0.3, 0.4) is 0 Å². The fourth-order valence-corrected chi connectivity index (χ4v) is 3.73. The molecule has 3 N–H and O–H groups in total. The highest BCUT2D eigenvalue weighted by Gasteiger charge is 2.36. The molecule has 34 heavy (non-hydrogen) atoms. The van der Waals surface area contributed by atoms with E-state index in [0.29, 0.717) is 28.2 Å². The molecular weight excluding hydrogens is 462 g/mol. The first kappa shape index (κ1) is 23.1. The number of nitrogens with zero attached hydrogens (tertiary/aromatic N) is 1. The first-order chi connectivity index (χ1) is 16.1. The van der Waals surface area contributed by atoms with Gasteiger partial charge in [0.1, 0.15) is 18.0 Å². The van der Waals surface area contributed by atoms with Gasteiger partial charge in [0, 0.05) is 35.3 Å². The number of sulfone groups is 1. The number of hydrogen-bond donors (Lipinski definition) is 3. The molecule has 4 rings (SSSR count). The van der Waals surface area contributed by atoms with Gasteiger partial charge in [0.2, 0.25) is 11.7 Å². The van der Waals surface area contributed by atoms with Crippen molar-refractivity contribution in [2.45, 2.75) is 6.92 Å². The molecule has 0 saturated carbocycles. The lowest BCUT2D eigenvalue weighted by molar-refractivity contribution is -0.134. The van der Waals surface area contributed by atoms with E-state index in [4.69, 9.17) is 9.47 Å². The minimum atomic E-state index is -3.14. The average molecular weight is 484 g/mol. The number of aromatic amines is 1. The first-order valence-electron chi connectivity index (χ1n) is 10.1. The highest BCUT2D eigenvalue weighted by molar-refractivity contribution is 7.90. The summed E-state index contributed by atoms with van der Waals surface area (Å²) in [7, 11) is -3.14. The quantitative estimate of drug-likeness (QED) is 0.325. The smallest absolute Gasteiger partial charge is 0.345 e. The number of ketones is 1. The number of H-pyrrole nitrogens is 1. The summed E-state index contributed by atoms with van der Waals surface area (Å²) < 4.78 is 33.6. The van der Waals surface area contributed by atoms with Gasteiger partial charge in [-0.25, -0.2) is 18.2 Å². The van der Waals surface area contributed by atoms with Crippen LogP contribution in [0, 0.1) is 6.92 Å². The number of ether oxygens (including phenoxy) is 2. The predicted molar refractivity (Wildman–Crippen MR) is 125 cm³/mol. The molecule has 3 heterocycles. The highest BCUT2D eigenvalue weighted by atomic mass is 32.2. The number of aliphatic carboxylic acids is 1. The SMILES string of the molecule is Cc1cc(OCCS(C)(=O)=O)ccc1NC1=C(C(=O)O)C(=O)C(=Cc2c[nH]c3ncccc23)O1. The van der Waals surface area contributed by atoms with Crippen LogP contribution in [0.2, 0.25) is 0 Å². The summed E-state index contributed by atoms with van der Waals surface area (Å²) in [4.78, 5) is 31.8. The molecule has 2 aromatic heterocycles. The van der Waals surface area contributed by atoms with Crippen molar-refractivity contribution < 1.29 is 32.6 Å². The maximum atomic E-state index is 12.8. The fourth-order valence-electron chi connectivity index (χ4n) is 3.35. The Labute approximate surface area is 194 Å². The van der Waals surface area contributed by atoms with E-state index in [1.54, 1.807) is 43.6 Å². The molecule has 0 atom stereocenters. The van der Waals surface area contributed by atoms with E-state index in [9.17, 15) is 23.1 Å². The third-order valence-electron chi connectivity index (χ3n) is 5.04. The summed E-state index contributed by atoms with van der Waals surface area (Å²) in [6, 6.07) is 8.46. The van der Waals surface area contributed by atoms with Gasteiger partial charge in [-0.1, -0.05) is 0 Å². The third kappa shape index (κ3) is 4.94. The van der Waals surface area contributed by atoms with E-state index in [1.165, 1.54) is 6.08 Å². The Hall–Kier alpha value is -4.12. The largest absolute Gasteiger partial charge is 0.493 e. The van der Waals surface area contributed by atoms with Crippen molar-refractivity contribution in [3.63, 3.8) is 0 Å². The number of nitrogens with one attached hydrogen (secondary N) is 2. The van der Waals surface area contributed by atoms with E-state index >= 15 is 0 Å². The molecule has 1 aliphatic rings. The van der Waals surface area contributed by atoms with Gasteiger partial charge in [0.05, 0.1) is 5.75 Å². The Kier molecular flexibility index (Phi) is 6.12. The van der Waals surface area contributed by atoms with Crippen LogP contribution < -0.4 is 10.1 Å². The van der Waals surface area contributed by atoms with Crippen molar-refractivity contribution in [2.75, 3.05) is 23.9 Å². The van der Waals surface area contributed by atoms with Crippen LogP contribution in [0.1, 0.15) is 11.1 Å². The monoisotopic (exact) mass is 483 g/mol. The Morgan fingerprint density at radius 2 is 2.12 bits per heavy atom. The molecule has 0 saturated heterocycles. The molecule has 0 amide bonds. The minimum Gasteiger partial charge on any atom is -0.493 e. The average Bonchev–Trinajstić information content (AvgIpc) is 3.30. The molecule has 11 heteroatoms. The van der Waals surface area contributed by atoms with Gasteiger partial charge in [-0.2, -0.15) is 0 Å². The molecule has 1 aliphatic heterocycles. The molecule has 0 radical (unpaired) electrons. The number of carboxylic acid groups (broad SMARTS) is 1. The second-order valence-electron chi connectivity index (χ2n) is 7.67. The van der Waals surface area contributed by atoms with Crippen molar-refractivity contribution in [3.8, 4) is 5.75 Å². The van der Waals surface area contributed by atoms with Crippen LogP contribution in [0.5, 0.6) is 5.75 Å². The zero-order chi connectivity index (χ0) is 24.5. The number of carbonyl (C=O) groups excluding carboxylic acids is 1. The van der Waals surface area contributed by atoms with Crippen molar-refractivity contribution in [2.24, 2.45) is 0 Å². The Morgan fingerprint density at radius 1 is 1.32 bits per heavy atom. The zero-order valence-electron chi connectivity index (χ0n) is 18.3. The van der Waals surface area contributed by atoms with Crippen molar-refractivity contribution in [1.82, 2.24) is 9.97 Å². The predicted octanol–water partition coefficient (Wildman–Crippen LogP) is 2.64. The number of hydrogen-bond acceptors (Lipinski definition) is 8. The van der Waals surface area contributed by atoms with Crippen LogP contribution >= 0.6 is 0 Å². The number of benzene rings is 1. The summed E-state index contributed by atoms with van der Waals surface area (Å²) in [6.45, 7) is 1.76. The number of carbonyl (C=O) groups is 2. The number of carboxylic acids is 1. The number of aryl methyl sites for hydroxylation is 1. The molecule has 0 aliphatic carbocycles. The van der Waals surface area contributed by atoms with Crippen molar-refractivity contribution in [1.29, 1.82) is 0 Å². The standard InChI is InChI=1S/C23H21N3O7S/c1-13-10-15(32-8-9-34(2,30)31)5-6-17(13)26-22-19(23(28)29)20(27)18(33-22)11-14-12-25-21-16(14)4-3-7-24-21/h3-7,10-12,26H,8-9H2,1-2H3,(H,24,25)(H,28,29). The van der Waals surface area contributed by atoms with E-state index < -0.39 is 27.2 Å². The maximum Gasteiger partial charge on any atom is 0.345 e. The first-order valence-corrected chi connectivity index (χ1v) is 12.2. The summed E-state index contributed by atoms with van der Waals surface area (Å²) in [5, 5.41) is 13.2. The Balaban J connectivity index is 1.56. The van der Waals surface area contributed by atoms with Gasteiger partial charge in [-0.05, 0) is 48.9 Å². The van der Waals surface area contributed by atoms with E-state index in [1.807, 2.05) is 6.07 Å². The molecule has 1 aromatic carbocycles. The third-order valence-corrected chi connectivity index (χ3v) is 5.95. The fraction of sp³-hybridized carbons (Fsp3) is 0.174. The van der Waals surface area contributed by atoms with Gasteiger partial charge in [0.25, 0.3) is 0 Å². The highest BCUT2D eigenvalue weighted by Crippen LogP contribution is 2.31. The number of pyridine rings is 1. The molecule has 3 aromatic rings. The molecule has 176 valence electrons. The Bertz CT molecular complexity index is 1470. The van der Waals surface area contributed by atoms with Gasteiger partial charge in [-0.15, -0.1) is 0 Å². The molecular formula is C23H21N3O7S. The van der Waals surface area contributed by atoms with Crippen LogP contribution in [0.15, 0.2) is 59.9 Å². The summed E-state index contributed by atoms with van der Waals surface area (Å²) in [5.74, 6) is -2.17. The van der Waals surface area contributed by atoms with E-state index in [-0.39, 0.29) is 24.0 Å². The molecule has 0 bridgehead atoms. The number of rotatable bonds is 8.